The van der Waals surface area contributed by atoms with Gasteiger partial charge in [-0.3, -0.25) is 9.48 Å². The van der Waals surface area contributed by atoms with E-state index in [0.29, 0.717) is 19.7 Å². The molecule has 0 aromatic carbocycles. The van der Waals surface area contributed by atoms with Crippen molar-refractivity contribution in [2.24, 2.45) is 7.05 Å². The number of likely N-dealkylation sites (N-methyl/N-ethyl adjacent to an activating group) is 1. The molecule has 0 unspecified atom stereocenters. The van der Waals surface area contributed by atoms with Crippen LogP contribution in [0, 0.1) is 0 Å². The summed E-state index contributed by atoms with van der Waals surface area (Å²) < 4.78 is 30.3. The molecule has 136 valence electrons. The van der Waals surface area contributed by atoms with Crippen molar-refractivity contribution >= 4 is 15.7 Å². The minimum absolute atomic E-state index is 0.00964. The fourth-order valence-electron chi connectivity index (χ4n) is 2.93. The number of sulfone groups is 1. The van der Waals surface area contributed by atoms with E-state index in [2.05, 4.69) is 5.10 Å². The molecule has 1 aromatic rings. The van der Waals surface area contributed by atoms with Gasteiger partial charge in [-0.2, -0.15) is 5.10 Å². The van der Waals surface area contributed by atoms with Gasteiger partial charge in [-0.25, -0.2) is 8.42 Å². The molecule has 0 bridgehead atoms. The lowest BCUT2D eigenvalue weighted by Crippen LogP contribution is -2.51. The predicted octanol–water partition coefficient (Wildman–Crippen LogP) is -0.315. The third-order valence-electron chi connectivity index (χ3n) is 3.97. The van der Waals surface area contributed by atoms with Crippen molar-refractivity contribution in [2.75, 3.05) is 45.8 Å². The van der Waals surface area contributed by atoms with E-state index >= 15 is 0 Å². The summed E-state index contributed by atoms with van der Waals surface area (Å²) >= 11 is 0. The lowest BCUT2D eigenvalue weighted by atomic mass is 10.00. The van der Waals surface area contributed by atoms with Gasteiger partial charge in [0.15, 0.2) is 0 Å². The van der Waals surface area contributed by atoms with E-state index in [4.69, 9.17) is 4.74 Å². The van der Waals surface area contributed by atoms with Crippen molar-refractivity contribution in [3.63, 3.8) is 0 Å². The summed E-state index contributed by atoms with van der Waals surface area (Å²) in [5.41, 5.74) is 0.900. The number of rotatable bonds is 6. The highest BCUT2D eigenvalue weighted by atomic mass is 32.2. The first-order valence-electron chi connectivity index (χ1n) is 7.89. The van der Waals surface area contributed by atoms with Gasteiger partial charge >= 0.3 is 0 Å². The highest BCUT2D eigenvalue weighted by molar-refractivity contribution is 7.90. The lowest BCUT2D eigenvalue weighted by Gasteiger charge is -2.41. The molecule has 1 aromatic heterocycles. The Morgan fingerprint density at radius 3 is 2.71 bits per heavy atom. The van der Waals surface area contributed by atoms with Crippen LogP contribution in [0.1, 0.15) is 18.0 Å². The van der Waals surface area contributed by atoms with E-state index in [1.54, 1.807) is 15.8 Å². The summed E-state index contributed by atoms with van der Waals surface area (Å²) in [7, 11) is 2.56. The van der Waals surface area contributed by atoms with Gasteiger partial charge in [0, 0.05) is 44.6 Å². The third-order valence-corrected chi connectivity index (χ3v) is 4.92. The van der Waals surface area contributed by atoms with Crippen LogP contribution in [-0.2, 0) is 26.4 Å². The molecule has 2 rings (SSSR count). The molecule has 0 saturated carbocycles. The Balaban J connectivity index is 2.24. The largest absolute Gasteiger partial charge is 0.373 e. The summed E-state index contributed by atoms with van der Waals surface area (Å²) in [5.74, 6) is -0.303. The SMILES string of the molecule is CN(C)C[C@@H]1OCCN(C(=O)CCS(C)(=O)=O)[C@H]1c1cnn(C)c1. The molecular formula is C15H26N4O4S. The van der Waals surface area contributed by atoms with Gasteiger partial charge in [0.2, 0.25) is 5.91 Å². The Morgan fingerprint density at radius 1 is 1.46 bits per heavy atom. The van der Waals surface area contributed by atoms with Crippen molar-refractivity contribution in [1.82, 2.24) is 19.6 Å². The molecule has 8 nitrogen and oxygen atoms in total. The number of carbonyl (C=O) groups is 1. The first-order chi connectivity index (χ1) is 11.2. The smallest absolute Gasteiger partial charge is 0.224 e. The highest BCUT2D eigenvalue weighted by Crippen LogP contribution is 2.30. The average molecular weight is 358 g/mol. The van der Waals surface area contributed by atoms with Gasteiger partial charge in [0.25, 0.3) is 0 Å². The minimum atomic E-state index is -3.17. The van der Waals surface area contributed by atoms with Crippen LogP contribution >= 0.6 is 0 Å². The number of hydrogen-bond donors (Lipinski definition) is 0. The summed E-state index contributed by atoms with van der Waals surface area (Å²) in [6.45, 7) is 1.56. The fourth-order valence-corrected chi connectivity index (χ4v) is 3.47. The second-order valence-electron chi connectivity index (χ2n) is 6.53. The zero-order valence-corrected chi connectivity index (χ0v) is 15.5. The fraction of sp³-hybridized carbons (Fsp3) is 0.733. The second-order valence-corrected chi connectivity index (χ2v) is 8.79. The van der Waals surface area contributed by atoms with Gasteiger partial charge < -0.3 is 14.5 Å². The monoisotopic (exact) mass is 358 g/mol. The number of amides is 1. The van der Waals surface area contributed by atoms with Crippen molar-refractivity contribution in [3.8, 4) is 0 Å². The molecule has 0 radical (unpaired) electrons. The van der Waals surface area contributed by atoms with Crippen LogP contribution in [0.4, 0.5) is 0 Å². The quantitative estimate of drug-likeness (QED) is 0.693. The lowest BCUT2D eigenvalue weighted by molar-refractivity contribution is -0.147. The molecule has 0 aliphatic carbocycles. The number of morpholine rings is 1. The zero-order chi connectivity index (χ0) is 17.9. The van der Waals surface area contributed by atoms with Crippen LogP contribution in [-0.4, -0.2) is 85.8 Å². The summed E-state index contributed by atoms with van der Waals surface area (Å²) in [5, 5.41) is 4.20. The molecule has 1 saturated heterocycles. The Labute approximate surface area is 143 Å². The summed E-state index contributed by atoms with van der Waals surface area (Å²) in [6, 6.07) is -0.262. The molecule has 1 amide bonds. The van der Waals surface area contributed by atoms with Crippen molar-refractivity contribution in [1.29, 1.82) is 0 Å². The van der Waals surface area contributed by atoms with Gasteiger partial charge in [0.1, 0.15) is 9.84 Å². The van der Waals surface area contributed by atoms with E-state index in [9.17, 15) is 13.2 Å². The zero-order valence-electron chi connectivity index (χ0n) is 14.7. The molecule has 2 heterocycles. The van der Waals surface area contributed by atoms with Crippen molar-refractivity contribution < 1.29 is 17.9 Å². The van der Waals surface area contributed by atoms with Gasteiger partial charge in [-0.15, -0.1) is 0 Å². The topological polar surface area (TPSA) is 84.7 Å². The van der Waals surface area contributed by atoms with E-state index < -0.39 is 9.84 Å². The van der Waals surface area contributed by atoms with Gasteiger partial charge in [-0.1, -0.05) is 0 Å². The molecule has 1 aliphatic rings. The number of carbonyl (C=O) groups excluding carboxylic acids is 1. The Hall–Kier alpha value is -1.45. The highest BCUT2D eigenvalue weighted by Gasteiger charge is 2.37. The third kappa shape index (κ3) is 5.02. The molecular weight excluding hydrogens is 332 g/mol. The first-order valence-corrected chi connectivity index (χ1v) is 9.95. The van der Waals surface area contributed by atoms with Crippen LogP contribution in [0.5, 0.6) is 0 Å². The second kappa shape index (κ2) is 7.62. The standard InChI is InChI=1S/C15H26N4O4S/c1-17(2)11-13-15(12-9-16-18(3)10-12)19(6-7-23-13)14(20)5-8-24(4,21)22/h9-10,13,15H,5-8,11H2,1-4H3/t13-,15-/m0/s1. The van der Waals surface area contributed by atoms with Crippen LogP contribution in [0.3, 0.4) is 0 Å². The predicted molar refractivity (Wildman–Crippen MR) is 90.3 cm³/mol. The number of hydrogen-bond acceptors (Lipinski definition) is 6. The molecule has 0 spiro atoms. The normalized spacial score (nSPS) is 22.1. The Morgan fingerprint density at radius 2 is 2.17 bits per heavy atom. The van der Waals surface area contributed by atoms with Crippen LogP contribution in [0.25, 0.3) is 0 Å². The van der Waals surface area contributed by atoms with E-state index in [-0.39, 0.29) is 30.2 Å². The van der Waals surface area contributed by atoms with E-state index in [1.165, 1.54) is 0 Å². The van der Waals surface area contributed by atoms with Crippen LogP contribution in [0.15, 0.2) is 12.4 Å². The Kier molecular flexibility index (Phi) is 6.00. The van der Waals surface area contributed by atoms with Crippen molar-refractivity contribution in [3.05, 3.63) is 18.0 Å². The maximum Gasteiger partial charge on any atom is 0.224 e. The van der Waals surface area contributed by atoms with Crippen molar-refractivity contribution in [2.45, 2.75) is 18.6 Å². The number of aromatic nitrogens is 2. The molecule has 9 heteroatoms. The molecule has 0 N–H and O–H groups in total. The first kappa shape index (κ1) is 18.9. The molecule has 1 aliphatic heterocycles. The van der Waals surface area contributed by atoms with Gasteiger partial charge in [0.05, 0.1) is 30.7 Å². The van der Waals surface area contributed by atoms with E-state index in [0.717, 1.165) is 11.8 Å². The van der Waals surface area contributed by atoms with E-state index in [1.807, 2.05) is 32.2 Å². The van der Waals surface area contributed by atoms with Crippen LogP contribution < -0.4 is 0 Å². The molecule has 24 heavy (non-hydrogen) atoms. The van der Waals surface area contributed by atoms with Crippen LogP contribution in [0.2, 0.25) is 0 Å². The summed E-state index contributed by atoms with van der Waals surface area (Å²) in [6.07, 6.45) is 4.56. The number of aryl methyl sites for hydroxylation is 1. The minimum Gasteiger partial charge on any atom is -0.373 e. The molecule has 1 fully saturated rings. The average Bonchev–Trinajstić information content (AvgIpc) is 2.89. The maximum atomic E-state index is 12.6. The van der Waals surface area contributed by atoms with Gasteiger partial charge in [-0.05, 0) is 14.1 Å². The molecule has 2 atom stereocenters. The Bertz CT molecular complexity index is 671. The number of ether oxygens (including phenoxy) is 1. The maximum absolute atomic E-state index is 12.6. The summed E-state index contributed by atoms with van der Waals surface area (Å²) in [4.78, 5) is 16.4. The number of nitrogens with zero attached hydrogens (tertiary/aromatic N) is 4.